The van der Waals surface area contributed by atoms with Gasteiger partial charge in [-0.3, -0.25) is 9.59 Å². The van der Waals surface area contributed by atoms with Crippen molar-refractivity contribution in [3.8, 4) is 0 Å². The molecule has 0 heterocycles. The molecular formula is C27H56N4O4. The van der Waals surface area contributed by atoms with E-state index in [0.29, 0.717) is 39.4 Å². The van der Waals surface area contributed by atoms with E-state index in [2.05, 4.69) is 24.5 Å². The third-order valence-corrected chi connectivity index (χ3v) is 6.02. The van der Waals surface area contributed by atoms with Gasteiger partial charge in [-0.15, -0.1) is 0 Å². The van der Waals surface area contributed by atoms with Gasteiger partial charge in [0.2, 0.25) is 0 Å². The van der Waals surface area contributed by atoms with E-state index < -0.39 is 12.2 Å². The lowest BCUT2D eigenvalue weighted by molar-refractivity contribution is -0.157. The van der Waals surface area contributed by atoms with Crippen LogP contribution in [0.5, 0.6) is 0 Å². The molecule has 0 rings (SSSR count). The van der Waals surface area contributed by atoms with E-state index in [-0.39, 0.29) is 11.8 Å². The highest BCUT2D eigenvalue weighted by molar-refractivity contribution is 5.91. The first-order chi connectivity index (χ1) is 17.1. The number of rotatable bonds is 26. The lowest BCUT2D eigenvalue weighted by Gasteiger charge is -2.26. The minimum absolute atomic E-state index is 0.319. The summed E-state index contributed by atoms with van der Waals surface area (Å²) in [7, 11) is 0. The van der Waals surface area contributed by atoms with Gasteiger partial charge in [0.15, 0.2) is 12.2 Å². The van der Waals surface area contributed by atoms with Crippen molar-refractivity contribution >= 4 is 11.8 Å². The lowest BCUT2D eigenvalue weighted by atomic mass is 10.1. The molecule has 0 aliphatic rings. The summed E-state index contributed by atoms with van der Waals surface area (Å²) >= 11 is 0. The predicted octanol–water partition coefficient (Wildman–Crippen LogP) is 3.80. The first kappa shape index (κ1) is 33.8. The van der Waals surface area contributed by atoms with Crippen LogP contribution in [0.1, 0.15) is 110 Å². The molecule has 0 aromatic rings. The van der Waals surface area contributed by atoms with Crippen molar-refractivity contribution in [2.24, 2.45) is 11.5 Å². The first-order valence-electron chi connectivity index (χ1n) is 14.3. The smallest absolute Gasteiger partial charge is 0.252 e. The maximum atomic E-state index is 12.8. The van der Waals surface area contributed by atoms with Crippen LogP contribution in [0.25, 0.3) is 0 Å². The summed E-state index contributed by atoms with van der Waals surface area (Å²) in [6.07, 6.45) is 15.4. The Morgan fingerprint density at radius 3 is 1.20 bits per heavy atom. The summed E-state index contributed by atoms with van der Waals surface area (Å²) in [5, 5.41) is 5.52. The van der Waals surface area contributed by atoms with E-state index in [4.69, 9.17) is 20.9 Å². The summed E-state index contributed by atoms with van der Waals surface area (Å²) in [4.78, 5) is 25.7. The van der Waals surface area contributed by atoms with Crippen molar-refractivity contribution in [2.75, 3.05) is 39.4 Å². The van der Waals surface area contributed by atoms with Crippen LogP contribution in [-0.2, 0) is 19.1 Å². The number of carbonyl (C=O) groups is 2. The van der Waals surface area contributed by atoms with Gasteiger partial charge >= 0.3 is 0 Å². The molecule has 0 fully saturated rings. The SMILES string of the molecule is CCCCCCCCCCO[C@@H](C(=O)NCCN)[C@@H](OCCCCCCCCC)C(=O)NCCN. The van der Waals surface area contributed by atoms with Gasteiger partial charge in [0.05, 0.1) is 0 Å². The molecule has 0 bridgehead atoms. The quantitative estimate of drug-likeness (QED) is 0.134. The molecular weight excluding hydrogens is 444 g/mol. The predicted molar refractivity (Wildman–Crippen MR) is 144 cm³/mol. The van der Waals surface area contributed by atoms with Crippen LogP contribution in [0.15, 0.2) is 0 Å². The van der Waals surface area contributed by atoms with Crippen LogP contribution in [0, 0.1) is 0 Å². The summed E-state index contributed by atoms with van der Waals surface area (Å²) < 4.78 is 11.9. The second-order valence-electron chi connectivity index (χ2n) is 9.34. The zero-order valence-corrected chi connectivity index (χ0v) is 22.8. The summed E-state index contributed by atoms with van der Waals surface area (Å²) in [6.45, 7) is 6.54. The zero-order valence-electron chi connectivity index (χ0n) is 22.8. The molecule has 0 saturated heterocycles. The lowest BCUT2D eigenvalue weighted by Crippen LogP contribution is -2.53. The minimum Gasteiger partial charge on any atom is -0.365 e. The van der Waals surface area contributed by atoms with Gasteiger partial charge in [-0.1, -0.05) is 97.3 Å². The van der Waals surface area contributed by atoms with Gasteiger partial charge in [0.1, 0.15) is 0 Å². The second-order valence-corrected chi connectivity index (χ2v) is 9.34. The average molecular weight is 501 g/mol. The highest BCUT2D eigenvalue weighted by atomic mass is 16.5. The Kier molecular flexibility index (Phi) is 25.0. The highest BCUT2D eigenvalue weighted by Gasteiger charge is 2.35. The molecule has 0 saturated carbocycles. The molecule has 0 aromatic carbocycles. The van der Waals surface area contributed by atoms with E-state index in [1.54, 1.807) is 0 Å². The third-order valence-electron chi connectivity index (χ3n) is 6.02. The van der Waals surface area contributed by atoms with E-state index in [9.17, 15) is 9.59 Å². The van der Waals surface area contributed by atoms with Gasteiger partial charge in [-0.05, 0) is 12.8 Å². The molecule has 8 nitrogen and oxygen atoms in total. The first-order valence-corrected chi connectivity index (χ1v) is 14.3. The topological polar surface area (TPSA) is 129 Å². The van der Waals surface area contributed by atoms with Gasteiger partial charge in [0.25, 0.3) is 11.8 Å². The largest absolute Gasteiger partial charge is 0.365 e. The molecule has 0 radical (unpaired) electrons. The maximum absolute atomic E-state index is 12.8. The Labute approximate surface area is 215 Å². The Hall–Kier alpha value is -1.22. The summed E-state index contributed by atoms with van der Waals surface area (Å²) in [5.41, 5.74) is 11.1. The molecule has 0 aromatic heterocycles. The molecule has 35 heavy (non-hydrogen) atoms. The van der Waals surface area contributed by atoms with Crippen molar-refractivity contribution in [1.82, 2.24) is 10.6 Å². The Balaban J connectivity index is 4.77. The number of ether oxygens (including phenoxy) is 2. The number of carbonyl (C=O) groups excluding carboxylic acids is 2. The molecule has 2 atom stereocenters. The average Bonchev–Trinajstić information content (AvgIpc) is 2.86. The Morgan fingerprint density at radius 1 is 0.571 bits per heavy atom. The molecule has 0 aliphatic heterocycles. The minimum atomic E-state index is -1.01. The molecule has 2 amide bonds. The summed E-state index contributed by atoms with van der Waals surface area (Å²) in [5.74, 6) is -0.718. The van der Waals surface area contributed by atoms with Crippen molar-refractivity contribution in [2.45, 2.75) is 122 Å². The standard InChI is InChI=1S/C27H56N4O4/c1-3-5-7-9-11-13-15-17-23-35-25(27(33)31-21-19-29)24(26(32)30-20-18-28)34-22-16-14-12-10-8-6-4-2/h24-25H,3-23,28-29H2,1-2H3,(H,30,32)(H,31,33)/t24-,25-/m1/s1. The van der Waals surface area contributed by atoms with Crippen molar-refractivity contribution in [3.05, 3.63) is 0 Å². The Morgan fingerprint density at radius 2 is 0.886 bits per heavy atom. The van der Waals surface area contributed by atoms with Crippen LogP contribution in [0.3, 0.4) is 0 Å². The Bertz CT molecular complexity index is 494. The number of hydrogen-bond donors (Lipinski definition) is 4. The molecule has 6 N–H and O–H groups in total. The van der Waals surface area contributed by atoms with Crippen LogP contribution in [0.4, 0.5) is 0 Å². The normalized spacial score (nSPS) is 12.9. The number of unbranched alkanes of at least 4 members (excludes halogenated alkanes) is 13. The van der Waals surface area contributed by atoms with E-state index in [1.165, 1.54) is 57.8 Å². The van der Waals surface area contributed by atoms with Crippen LogP contribution in [0.2, 0.25) is 0 Å². The zero-order chi connectivity index (χ0) is 26.0. The molecule has 8 heteroatoms. The van der Waals surface area contributed by atoms with Crippen molar-refractivity contribution < 1.29 is 19.1 Å². The van der Waals surface area contributed by atoms with Crippen LogP contribution < -0.4 is 22.1 Å². The molecule has 0 spiro atoms. The number of amides is 2. The number of nitrogens with one attached hydrogen (secondary N) is 2. The molecule has 0 aliphatic carbocycles. The fraction of sp³-hybridized carbons (Fsp3) is 0.926. The van der Waals surface area contributed by atoms with Gasteiger partial charge in [-0.25, -0.2) is 0 Å². The van der Waals surface area contributed by atoms with Gasteiger partial charge < -0.3 is 31.6 Å². The van der Waals surface area contributed by atoms with Crippen molar-refractivity contribution in [1.29, 1.82) is 0 Å². The summed E-state index contributed by atoms with van der Waals surface area (Å²) in [6, 6.07) is 0. The number of hydrogen-bond acceptors (Lipinski definition) is 6. The van der Waals surface area contributed by atoms with E-state index >= 15 is 0 Å². The molecule has 208 valence electrons. The highest BCUT2D eigenvalue weighted by Crippen LogP contribution is 2.13. The van der Waals surface area contributed by atoms with Gasteiger partial charge in [0, 0.05) is 39.4 Å². The van der Waals surface area contributed by atoms with E-state index in [1.807, 2.05) is 0 Å². The van der Waals surface area contributed by atoms with Crippen LogP contribution >= 0.6 is 0 Å². The number of nitrogens with two attached hydrogens (primary N) is 2. The fourth-order valence-corrected chi connectivity index (χ4v) is 3.91. The fourth-order valence-electron chi connectivity index (χ4n) is 3.91. The molecule has 0 unspecified atom stereocenters. The monoisotopic (exact) mass is 500 g/mol. The maximum Gasteiger partial charge on any atom is 0.252 e. The van der Waals surface area contributed by atoms with E-state index in [0.717, 1.165) is 38.5 Å². The van der Waals surface area contributed by atoms with Gasteiger partial charge in [-0.2, -0.15) is 0 Å². The van der Waals surface area contributed by atoms with Crippen molar-refractivity contribution in [3.63, 3.8) is 0 Å². The second kappa shape index (κ2) is 25.9. The van der Waals surface area contributed by atoms with Crippen LogP contribution in [-0.4, -0.2) is 63.4 Å². The third kappa shape index (κ3) is 19.6.